The van der Waals surface area contributed by atoms with E-state index in [0.717, 1.165) is 16.8 Å². The van der Waals surface area contributed by atoms with Crippen LogP contribution in [0.4, 0.5) is 5.69 Å². The van der Waals surface area contributed by atoms with Crippen molar-refractivity contribution in [3.05, 3.63) is 63.6 Å². The average molecular weight is 498 g/mol. The number of para-hydroxylation sites is 1. The van der Waals surface area contributed by atoms with E-state index in [1.807, 2.05) is 57.2 Å². The molecule has 7 heteroatoms. The van der Waals surface area contributed by atoms with Crippen LogP contribution in [0.3, 0.4) is 0 Å². The van der Waals surface area contributed by atoms with Gasteiger partial charge < -0.3 is 10.2 Å². The van der Waals surface area contributed by atoms with Crippen LogP contribution >= 0.6 is 39.1 Å². The predicted octanol–water partition coefficient (Wildman–Crippen LogP) is 5.54. The van der Waals surface area contributed by atoms with Gasteiger partial charge in [-0.05, 0) is 56.5 Å². The summed E-state index contributed by atoms with van der Waals surface area (Å²) in [6, 6.07) is 13.2. The number of rotatable bonds is 3. The Hall–Kier alpha value is -1.56. The summed E-state index contributed by atoms with van der Waals surface area (Å²) in [7, 11) is 0. The molecule has 2 aromatic rings. The number of nitrogens with zero attached hydrogens (tertiary/aromatic N) is 1. The Kier molecular flexibility index (Phi) is 6.61. The Balaban J connectivity index is 2.03. The van der Waals surface area contributed by atoms with E-state index in [-0.39, 0.29) is 29.8 Å². The Morgan fingerprint density at radius 1 is 1.17 bits per heavy atom. The largest absolute Gasteiger partial charge is 0.350 e. The molecule has 2 atom stereocenters. The third kappa shape index (κ3) is 5.14. The van der Waals surface area contributed by atoms with Crippen molar-refractivity contribution in [3.8, 4) is 0 Å². The zero-order valence-electron chi connectivity index (χ0n) is 16.5. The van der Waals surface area contributed by atoms with Gasteiger partial charge in [0.05, 0.1) is 14.9 Å². The summed E-state index contributed by atoms with van der Waals surface area (Å²) in [5, 5.41) is 3.90. The number of anilines is 1. The van der Waals surface area contributed by atoms with Crippen LogP contribution in [0.2, 0.25) is 10.0 Å². The number of carbonyl (C=O) groups is 2. The highest BCUT2D eigenvalue weighted by Gasteiger charge is 2.35. The first-order valence-corrected chi connectivity index (χ1v) is 11.0. The maximum absolute atomic E-state index is 13.2. The maximum Gasteiger partial charge on any atom is 0.241 e. The summed E-state index contributed by atoms with van der Waals surface area (Å²) in [6.07, 6.45) is 0.547. The molecule has 29 heavy (non-hydrogen) atoms. The van der Waals surface area contributed by atoms with Crippen LogP contribution in [0, 0.1) is 0 Å². The summed E-state index contributed by atoms with van der Waals surface area (Å²) in [5.41, 5.74) is 2.32. The number of hydrogen-bond acceptors (Lipinski definition) is 2. The van der Waals surface area contributed by atoms with Gasteiger partial charge in [-0.2, -0.15) is 0 Å². The molecule has 2 amide bonds. The van der Waals surface area contributed by atoms with Crippen molar-refractivity contribution >= 4 is 56.6 Å². The summed E-state index contributed by atoms with van der Waals surface area (Å²) in [6.45, 7) is 5.70. The molecule has 0 aliphatic carbocycles. The standard InChI is InChI=1S/C22H23BrCl2N2O2/c1-22(2,3)26-20(28)12-27-19-7-5-4-6-14(19)15(11-16(23)21(27)29)13-8-9-17(24)18(25)10-13/h4-10,15-16H,11-12H2,1-3H3,(H,26,28). The fourth-order valence-corrected chi connectivity index (χ4v) is 4.49. The highest BCUT2D eigenvalue weighted by molar-refractivity contribution is 9.10. The van der Waals surface area contributed by atoms with Crippen LogP contribution in [0.1, 0.15) is 44.2 Å². The number of fused-ring (bicyclic) bond motifs is 1. The number of carbonyl (C=O) groups excluding carboxylic acids is 2. The molecule has 1 N–H and O–H groups in total. The molecule has 0 saturated carbocycles. The molecule has 1 aliphatic heterocycles. The van der Waals surface area contributed by atoms with Crippen molar-refractivity contribution in [2.24, 2.45) is 0 Å². The minimum Gasteiger partial charge on any atom is -0.350 e. The molecule has 1 heterocycles. The number of alkyl halides is 1. The van der Waals surface area contributed by atoms with Crippen LogP contribution < -0.4 is 10.2 Å². The average Bonchev–Trinajstić information content (AvgIpc) is 2.73. The van der Waals surface area contributed by atoms with E-state index in [2.05, 4.69) is 21.2 Å². The van der Waals surface area contributed by atoms with Crippen molar-refractivity contribution in [2.75, 3.05) is 11.4 Å². The fourth-order valence-electron chi connectivity index (χ4n) is 3.56. The molecular formula is C22H23BrCl2N2O2. The van der Waals surface area contributed by atoms with Gasteiger partial charge in [0.15, 0.2) is 0 Å². The minimum atomic E-state index is -0.434. The summed E-state index contributed by atoms with van der Waals surface area (Å²) < 4.78 is 0. The molecule has 154 valence electrons. The zero-order valence-corrected chi connectivity index (χ0v) is 19.6. The van der Waals surface area contributed by atoms with E-state index >= 15 is 0 Å². The first-order valence-electron chi connectivity index (χ1n) is 9.37. The van der Waals surface area contributed by atoms with Crippen LogP contribution in [-0.2, 0) is 9.59 Å². The van der Waals surface area contributed by atoms with E-state index in [4.69, 9.17) is 23.2 Å². The Morgan fingerprint density at radius 2 is 1.86 bits per heavy atom. The third-order valence-electron chi connectivity index (χ3n) is 4.74. The lowest BCUT2D eigenvalue weighted by Gasteiger charge is -2.27. The van der Waals surface area contributed by atoms with Crippen molar-refractivity contribution < 1.29 is 9.59 Å². The second kappa shape index (κ2) is 8.66. The van der Waals surface area contributed by atoms with Crippen molar-refractivity contribution in [2.45, 2.75) is 43.5 Å². The molecule has 2 unspecified atom stereocenters. The van der Waals surface area contributed by atoms with Gasteiger partial charge in [-0.3, -0.25) is 9.59 Å². The Labute approximate surface area is 189 Å². The lowest BCUT2D eigenvalue weighted by atomic mass is 9.87. The van der Waals surface area contributed by atoms with E-state index in [9.17, 15) is 9.59 Å². The SMILES string of the molecule is CC(C)(C)NC(=O)CN1C(=O)C(Br)CC(c2ccc(Cl)c(Cl)c2)c2ccccc21. The number of halogens is 3. The predicted molar refractivity (Wildman–Crippen MR) is 122 cm³/mol. The molecular weight excluding hydrogens is 475 g/mol. The fraction of sp³-hybridized carbons (Fsp3) is 0.364. The Bertz CT molecular complexity index is 943. The van der Waals surface area contributed by atoms with Crippen molar-refractivity contribution in [1.29, 1.82) is 0 Å². The number of hydrogen-bond donors (Lipinski definition) is 1. The smallest absolute Gasteiger partial charge is 0.241 e. The molecule has 0 aromatic heterocycles. The molecule has 4 nitrogen and oxygen atoms in total. The number of nitrogens with one attached hydrogen (secondary N) is 1. The van der Waals surface area contributed by atoms with Gasteiger partial charge in [0.1, 0.15) is 6.54 Å². The lowest BCUT2D eigenvalue weighted by Crippen LogP contribution is -2.48. The highest BCUT2D eigenvalue weighted by Crippen LogP contribution is 2.41. The monoisotopic (exact) mass is 496 g/mol. The quantitative estimate of drug-likeness (QED) is 0.566. The first-order chi connectivity index (χ1) is 13.6. The van der Waals surface area contributed by atoms with Gasteiger partial charge in [-0.15, -0.1) is 0 Å². The molecule has 0 bridgehead atoms. The van der Waals surface area contributed by atoms with Gasteiger partial charge in [-0.1, -0.05) is 63.4 Å². The molecule has 0 fully saturated rings. The van der Waals surface area contributed by atoms with Gasteiger partial charge in [0.25, 0.3) is 0 Å². The third-order valence-corrected chi connectivity index (χ3v) is 6.25. The van der Waals surface area contributed by atoms with Gasteiger partial charge in [0.2, 0.25) is 11.8 Å². The Morgan fingerprint density at radius 3 is 2.52 bits per heavy atom. The van der Waals surface area contributed by atoms with Crippen LogP contribution in [-0.4, -0.2) is 28.7 Å². The topological polar surface area (TPSA) is 49.4 Å². The molecule has 0 spiro atoms. The highest BCUT2D eigenvalue weighted by atomic mass is 79.9. The van der Waals surface area contributed by atoms with E-state index in [0.29, 0.717) is 16.5 Å². The molecule has 3 rings (SSSR count). The van der Waals surface area contributed by atoms with Crippen LogP contribution in [0.15, 0.2) is 42.5 Å². The van der Waals surface area contributed by atoms with Crippen molar-refractivity contribution in [3.63, 3.8) is 0 Å². The first kappa shape index (κ1) is 22.1. The van der Waals surface area contributed by atoms with Crippen LogP contribution in [0.5, 0.6) is 0 Å². The number of benzene rings is 2. The second-order valence-corrected chi connectivity index (χ2v) is 10.1. The molecule has 1 aliphatic rings. The summed E-state index contributed by atoms with van der Waals surface area (Å²) in [5.74, 6) is -0.401. The lowest BCUT2D eigenvalue weighted by molar-refractivity contribution is -0.124. The van der Waals surface area contributed by atoms with Crippen molar-refractivity contribution in [1.82, 2.24) is 5.32 Å². The second-order valence-electron chi connectivity index (χ2n) is 8.21. The summed E-state index contributed by atoms with van der Waals surface area (Å²) in [4.78, 5) is 26.9. The van der Waals surface area contributed by atoms with E-state index in [1.165, 1.54) is 0 Å². The number of amides is 2. The molecule has 2 aromatic carbocycles. The van der Waals surface area contributed by atoms with E-state index < -0.39 is 4.83 Å². The normalized spacial score (nSPS) is 19.5. The van der Waals surface area contributed by atoms with E-state index in [1.54, 1.807) is 11.0 Å². The van der Waals surface area contributed by atoms with Gasteiger partial charge in [-0.25, -0.2) is 0 Å². The van der Waals surface area contributed by atoms with Crippen LogP contribution in [0.25, 0.3) is 0 Å². The zero-order chi connectivity index (χ0) is 21.3. The molecule has 0 saturated heterocycles. The molecule has 0 radical (unpaired) electrons. The maximum atomic E-state index is 13.2. The minimum absolute atomic E-state index is 0.0384. The summed E-state index contributed by atoms with van der Waals surface area (Å²) >= 11 is 15.9. The van der Waals surface area contributed by atoms with Gasteiger partial charge >= 0.3 is 0 Å². The van der Waals surface area contributed by atoms with Gasteiger partial charge in [0, 0.05) is 17.1 Å².